The number of ether oxygens (including phenoxy) is 1. The van der Waals surface area contributed by atoms with Gasteiger partial charge in [0.15, 0.2) is 5.96 Å². The second-order valence-electron chi connectivity index (χ2n) is 7.95. The van der Waals surface area contributed by atoms with Crippen molar-refractivity contribution in [1.82, 2.24) is 15.2 Å². The number of anilines is 1. The number of piperidine rings is 1. The van der Waals surface area contributed by atoms with E-state index in [1.165, 1.54) is 25.7 Å². The van der Waals surface area contributed by atoms with Crippen LogP contribution in [-0.4, -0.2) is 62.8 Å². The van der Waals surface area contributed by atoms with E-state index < -0.39 is 0 Å². The maximum atomic E-state index is 6.19. The molecule has 0 atom stereocenters. The number of guanidine groups is 1. The molecule has 2 fully saturated rings. The van der Waals surface area contributed by atoms with Crippen LogP contribution in [0.15, 0.2) is 23.2 Å². The third-order valence-corrected chi connectivity index (χ3v) is 5.67. The van der Waals surface area contributed by atoms with Crippen molar-refractivity contribution < 1.29 is 4.74 Å². The van der Waals surface area contributed by atoms with Crippen LogP contribution in [0, 0.1) is 5.92 Å². The number of nitrogens with zero attached hydrogens (tertiary/aromatic N) is 4. The Hall–Kier alpha value is -1.82. The summed E-state index contributed by atoms with van der Waals surface area (Å²) >= 11 is 0. The van der Waals surface area contributed by atoms with E-state index in [4.69, 9.17) is 4.74 Å². The number of rotatable bonds is 6. The van der Waals surface area contributed by atoms with E-state index in [0.717, 1.165) is 55.9 Å². The highest BCUT2D eigenvalue weighted by Gasteiger charge is 2.23. The third-order valence-electron chi connectivity index (χ3n) is 5.67. The van der Waals surface area contributed by atoms with Crippen LogP contribution in [-0.2, 0) is 11.3 Å². The zero-order valence-corrected chi connectivity index (χ0v) is 17.2. The summed E-state index contributed by atoms with van der Waals surface area (Å²) in [6.45, 7) is 3.65. The van der Waals surface area contributed by atoms with Crippen molar-refractivity contribution in [3.05, 3.63) is 23.9 Å². The molecule has 0 aromatic carbocycles. The molecule has 150 valence electrons. The molecule has 27 heavy (non-hydrogen) atoms. The summed E-state index contributed by atoms with van der Waals surface area (Å²) in [6, 6.07) is 6.13. The summed E-state index contributed by atoms with van der Waals surface area (Å²) in [6.07, 6.45) is 8.08. The minimum Gasteiger partial charge on any atom is -0.378 e. The van der Waals surface area contributed by atoms with Crippen LogP contribution < -0.4 is 10.2 Å². The number of hydrogen-bond acceptors (Lipinski definition) is 4. The quantitative estimate of drug-likeness (QED) is 0.614. The molecular formula is C21H35N5O. The Balaban J connectivity index is 1.42. The average molecular weight is 374 g/mol. The number of aromatic nitrogens is 1. The molecule has 0 unspecified atom stereocenters. The molecule has 2 aliphatic rings. The summed E-state index contributed by atoms with van der Waals surface area (Å²) in [5.74, 6) is 2.74. The van der Waals surface area contributed by atoms with Crippen molar-refractivity contribution in [3.8, 4) is 0 Å². The number of nitrogens with one attached hydrogen (secondary N) is 1. The molecule has 6 nitrogen and oxygen atoms in total. The molecule has 0 radical (unpaired) electrons. The SMILES string of the molecule is CN=C(NCc1cccc(N(C)C)n1)N1CCC(OCC2CCCC2)CC1. The van der Waals surface area contributed by atoms with Gasteiger partial charge in [-0.3, -0.25) is 4.99 Å². The van der Waals surface area contributed by atoms with Crippen LogP contribution in [0.5, 0.6) is 0 Å². The normalized spacial score (nSPS) is 19.5. The largest absolute Gasteiger partial charge is 0.378 e. The molecule has 1 saturated heterocycles. The zero-order valence-electron chi connectivity index (χ0n) is 17.2. The van der Waals surface area contributed by atoms with Gasteiger partial charge >= 0.3 is 0 Å². The first-order valence-electron chi connectivity index (χ1n) is 10.4. The molecule has 6 heteroatoms. The van der Waals surface area contributed by atoms with Gasteiger partial charge in [0, 0.05) is 40.8 Å². The Labute approximate surface area is 164 Å². The first-order valence-corrected chi connectivity index (χ1v) is 10.4. The highest BCUT2D eigenvalue weighted by atomic mass is 16.5. The maximum Gasteiger partial charge on any atom is 0.193 e. The third kappa shape index (κ3) is 5.83. The summed E-state index contributed by atoms with van der Waals surface area (Å²) < 4.78 is 6.19. The van der Waals surface area contributed by atoms with Crippen LogP contribution in [0.1, 0.15) is 44.2 Å². The molecular weight excluding hydrogens is 338 g/mol. The number of aliphatic imine (C=N–C) groups is 1. The average Bonchev–Trinajstić information content (AvgIpc) is 3.21. The maximum absolute atomic E-state index is 6.19. The molecule has 1 aliphatic carbocycles. The molecule has 0 spiro atoms. The van der Waals surface area contributed by atoms with E-state index in [-0.39, 0.29) is 0 Å². The molecule has 0 amide bonds. The van der Waals surface area contributed by atoms with Crippen molar-refractivity contribution in [2.24, 2.45) is 10.9 Å². The minimum atomic E-state index is 0.415. The van der Waals surface area contributed by atoms with Gasteiger partial charge in [-0.1, -0.05) is 18.9 Å². The van der Waals surface area contributed by atoms with Gasteiger partial charge in [-0.05, 0) is 43.7 Å². The van der Waals surface area contributed by atoms with Crippen molar-refractivity contribution in [1.29, 1.82) is 0 Å². The lowest BCUT2D eigenvalue weighted by Crippen LogP contribution is -2.47. The topological polar surface area (TPSA) is 53.0 Å². The summed E-state index contributed by atoms with van der Waals surface area (Å²) in [5, 5.41) is 3.47. The fourth-order valence-corrected chi connectivity index (χ4v) is 4.00. The van der Waals surface area contributed by atoms with Gasteiger partial charge in [0.1, 0.15) is 5.82 Å². The van der Waals surface area contributed by atoms with Crippen LogP contribution in [0.25, 0.3) is 0 Å². The smallest absolute Gasteiger partial charge is 0.193 e. The Morgan fingerprint density at radius 2 is 1.96 bits per heavy atom. The summed E-state index contributed by atoms with van der Waals surface area (Å²) in [5.41, 5.74) is 1.03. The van der Waals surface area contributed by atoms with E-state index in [2.05, 4.69) is 32.3 Å². The first-order chi connectivity index (χ1) is 13.2. The van der Waals surface area contributed by atoms with Crippen LogP contribution >= 0.6 is 0 Å². The van der Waals surface area contributed by atoms with Gasteiger partial charge in [0.25, 0.3) is 0 Å². The van der Waals surface area contributed by atoms with E-state index in [1.54, 1.807) is 0 Å². The van der Waals surface area contributed by atoms with Gasteiger partial charge in [-0.15, -0.1) is 0 Å². The van der Waals surface area contributed by atoms with Crippen LogP contribution in [0.2, 0.25) is 0 Å². The van der Waals surface area contributed by atoms with Crippen LogP contribution in [0.3, 0.4) is 0 Å². The fourth-order valence-electron chi connectivity index (χ4n) is 4.00. The van der Waals surface area contributed by atoms with Gasteiger partial charge in [0.2, 0.25) is 0 Å². The Kier molecular flexibility index (Phi) is 7.33. The standard InChI is InChI=1S/C21H35N5O/c1-22-21(23-15-18-9-6-10-20(24-18)25(2)3)26-13-11-19(12-14-26)27-16-17-7-4-5-8-17/h6,9-10,17,19H,4-5,7-8,11-16H2,1-3H3,(H,22,23). The lowest BCUT2D eigenvalue weighted by atomic mass is 10.1. The van der Waals surface area contributed by atoms with Gasteiger partial charge in [-0.25, -0.2) is 4.98 Å². The summed E-state index contributed by atoms with van der Waals surface area (Å²) in [4.78, 5) is 13.5. The number of likely N-dealkylation sites (tertiary alicyclic amines) is 1. The molecule has 1 aliphatic heterocycles. The molecule has 0 bridgehead atoms. The molecule has 1 aromatic rings. The van der Waals surface area contributed by atoms with Gasteiger partial charge < -0.3 is 19.9 Å². The first kappa shape index (κ1) is 19.9. The Morgan fingerprint density at radius 3 is 2.63 bits per heavy atom. The highest BCUT2D eigenvalue weighted by molar-refractivity contribution is 5.79. The summed E-state index contributed by atoms with van der Waals surface area (Å²) in [7, 11) is 5.88. The minimum absolute atomic E-state index is 0.415. The van der Waals surface area contributed by atoms with Crippen molar-refractivity contribution in [2.75, 3.05) is 45.7 Å². The monoisotopic (exact) mass is 373 g/mol. The van der Waals surface area contributed by atoms with E-state index in [9.17, 15) is 0 Å². The lowest BCUT2D eigenvalue weighted by Gasteiger charge is -2.34. The zero-order chi connectivity index (χ0) is 19.1. The Bertz CT molecular complexity index is 604. The van der Waals surface area contributed by atoms with E-state index >= 15 is 0 Å². The van der Waals surface area contributed by atoms with E-state index in [1.807, 2.05) is 32.1 Å². The second-order valence-corrected chi connectivity index (χ2v) is 7.95. The number of pyridine rings is 1. The highest BCUT2D eigenvalue weighted by Crippen LogP contribution is 2.26. The lowest BCUT2D eigenvalue weighted by molar-refractivity contribution is 0.00101. The second kappa shape index (κ2) is 9.93. The van der Waals surface area contributed by atoms with Gasteiger partial charge in [-0.2, -0.15) is 0 Å². The van der Waals surface area contributed by atoms with Crippen molar-refractivity contribution >= 4 is 11.8 Å². The van der Waals surface area contributed by atoms with Crippen molar-refractivity contribution in [3.63, 3.8) is 0 Å². The Morgan fingerprint density at radius 1 is 1.22 bits per heavy atom. The fraction of sp³-hybridized carbons (Fsp3) is 0.714. The molecule has 1 aromatic heterocycles. The molecule has 3 rings (SSSR count). The van der Waals surface area contributed by atoms with E-state index in [0.29, 0.717) is 12.6 Å². The predicted molar refractivity (Wildman–Crippen MR) is 111 cm³/mol. The molecule has 2 heterocycles. The van der Waals surface area contributed by atoms with Crippen LogP contribution in [0.4, 0.5) is 5.82 Å². The van der Waals surface area contributed by atoms with Crippen molar-refractivity contribution in [2.45, 2.75) is 51.2 Å². The number of hydrogen-bond donors (Lipinski definition) is 1. The molecule has 1 saturated carbocycles. The molecule has 1 N–H and O–H groups in total. The van der Waals surface area contributed by atoms with Gasteiger partial charge in [0.05, 0.1) is 18.3 Å². The predicted octanol–water partition coefficient (Wildman–Crippen LogP) is 2.89.